The van der Waals surface area contributed by atoms with Crippen molar-refractivity contribution in [3.05, 3.63) is 6.33 Å². The van der Waals surface area contributed by atoms with Crippen LogP contribution in [0.5, 0.6) is 0 Å². The van der Waals surface area contributed by atoms with Gasteiger partial charge in [0, 0.05) is 11.8 Å². The van der Waals surface area contributed by atoms with E-state index in [1.165, 1.54) is 64.2 Å². The van der Waals surface area contributed by atoms with Crippen molar-refractivity contribution in [2.24, 2.45) is 0 Å². The molecular formula is C20H34N8S. The fraction of sp³-hybridized carbons (Fsp3) is 0.750. The number of nitrogens with zero attached hydrogens (tertiary/aromatic N) is 6. The second kappa shape index (κ2) is 11.9. The molecule has 9 heteroatoms. The molecule has 29 heavy (non-hydrogen) atoms. The van der Waals surface area contributed by atoms with Gasteiger partial charge in [0.15, 0.2) is 5.16 Å². The second-order valence-corrected chi connectivity index (χ2v) is 8.81. The van der Waals surface area contributed by atoms with E-state index in [0.717, 1.165) is 23.8 Å². The van der Waals surface area contributed by atoms with Gasteiger partial charge in [-0.05, 0) is 19.3 Å². The zero-order valence-electron chi connectivity index (χ0n) is 17.5. The lowest BCUT2D eigenvalue weighted by Gasteiger charge is -2.08. The van der Waals surface area contributed by atoms with Crippen molar-refractivity contribution in [2.75, 3.05) is 16.8 Å². The van der Waals surface area contributed by atoms with Crippen LogP contribution in [0.25, 0.3) is 5.95 Å². The predicted molar refractivity (Wildman–Crippen MR) is 118 cm³/mol. The topological polar surface area (TPSA) is 107 Å². The van der Waals surface area contributed by atoms with Crippen LogP contribution in [0.4, 0.5) is 11.9 Å². The summed E-state index contributed by atoms with van der Waals surface area (Å²) < 4.78 is 1.79. The zero-order valence-corrected chi connectivity index (χ0v) is 18.3. The summed E-state index contributed by atoms with van der Waals surface area (Å²) in [4.78, 5) is 12.9. The van der Waals surface area contributed by atoms with Crippen molar-refractivity contribution < 1.29 is 0 Å². The molecule has 0 bridgehead atoms. The molecule has 0 spiro atoms. The average Bonchev–Trinajstić information content (AvgIpc) is 3.39. The van der Waals surface area contributed by atoms with Crippen LogP contribution in [0, 0.1) is 0 Å². The number of unbranched alkanes of at least 4 members (excludes halogenated alkanes) is 9. The summed E-state index contributed by atoms with van der Waals surface area (Å²) in [6.07, 6.45) is 17.3. The summed E-state index contributed by atoms with van der Waals surface area (Å²) in [7, 11) is 0. The molecule has 2 aromatic rings. The molecule has 3 rings (SSSR count). The van der Waals surface area contributed by atoms with Crippen LogP contribution in [0.2, 0.25) is 0 Å². The van der Waals surface area contributed by atoms with Crippen LogP contribution in [-0.4, -0.2) is 41.5 Å². The number of anilines is 2. The standard InChI is InChI=1S/C20H34N8S/c1-2-3-4-5-6-7-8-9-10-11-14-29-20-27-22-15-28(20)19-25-17(21)24-18(26-19)23-16-12-13-16/h15-16H,2-14H2,1H3,(H3,21,23,24,25,26). The summed E-state index contributed by atoms with van der Waals surface area (Å²) in [6.45, 7) is 2.27. The number of rotatable bonds is 15. The number of nitrogens with two attached hydrogens (primary N) is 1. The van der Waals surface area contributed by atoms with E-state index in [-0.39, 0.29) is 5.95 Å². The zero-order chi connectivity index (χ0) is 20.3. The van der Waals surface area contributed by atoms with Crippen LogP contribution in [-0.2, 0) is 0 Å². The molecule has 0 aliphatic heterocycles. The Morgan fingerprint density at radius 1 is 1.00 bits per heavy atom. The first-order valence-electron chi connectivity index (χ1n) is 11.1. The molecule has 0 saturated heterocycles. The molecule has 2 heterocycles. The molecule has 0 unspecified atom stereocenters. The lowest BCUT2D eigenvalue weighted by atomic mass is 10.1. The Kier molecular flexibility index (Phi) is 8.98. The van der Waals surface area contributed by atoms with Gasteiger partial charge in [-0.3, -0.25) is 0 Å². The van der Waals surface area contributed by atoms with E-state index >= 15 is 0 Å². The Labute approximate surface area is 177 Å². The van der Waals surface area contributed by atoms with Crippen molar-refractivity contribution in [1.29, 1.82) is 0 Å². The van der Waals surface area contributed by atoms with E-state index in [1.807, 2.05) is 0 Å². The Morgan fingerprint density at radius 2 is 1.69 bits per heavy atom. The fourth-order valence-corrected chi connectivity index (χ4v) is 4.08. The lowest BCUT2D eigenvalue weighted by molar-refractivity contribution is 0.563. The number of aromatic nitrogens is 6. The summed E-state index contributed by atoms with van der Waals surface area (Å²) in [5, 5.41) is 12.3. The molecule has 1 aliphatic rings. The van der Waals surface area contributed by atoms with E-state index in [2.05, 4.69) is 37.4 Å². The summed E-state index contributed by atoms with van der Waals surface area (Å²) in [5.74, 6) is 2.21. The van der Waals surface area contributed by atoms with Gasteiger partial charge in [-0.2, -0.15) is 15.0 Å². The van der Waals surface area contributed by atoms with Gasteiger partial charge in [-0.15, -0.1) is 10.2 Å². The smallest absolute Gasteiger partial charge is 0.243 e. The van der Waals surface area contributed by atoms with Gasteiger partial charge in [-0.1, -0.05) is 76.5 Å². The number of nitrogen functional groups attached to an aromatic ring is 1. The Bertz CT molecular complexity index is 731. The van der Waals surface area contributed by atoms with E-state index in [4.69, 9.17) is 5.73 Å². The molecule has 0 radical (unpaired) electrons. The monoisotopic (exact) mass is 418 g/mol. The van der Waals surface area contributed by atoms with Gasteiger partial charge in [0.25, 0.3) is 0 Å². The van der Waals surface area contributed by atoms with E-state index in [1.54, 1.807) is 22.7 Å². The second-order valence-electron chi connectivity index (χ2n) is 7.75. The van der Waals surface area contributed by atoms with Crippen molar-refractivity contribution in [1.82, 2.24) is 29.7 Å². The maximum atomic E-state index is 5.86. The van der Waals surface area contributed by atoms with Crippen molar-refractivity contribution in [3.8, 4) is 5.95 Å². The third-order valence-corrected chi connectivity index (χ3v) is 6.04. The SMILES string of the molecule is CCCCCCCCCCCCSc1nncn1-c1nc(N)nc(NC2CC2)n1. The highest BCUT2D eigenvalue weighted by Gasteiger charge is 2.23. The first-order valence-corrected chi connectivity index (χ1v) is 12.1. The van der Waals surface area contributed by atoms with Crippen LogP contribution in [0.1, 0.15) is 84.0 Å². The summed E-state index contributed by atoms with van der Waals surface area (Å²) in [6, 6.07) is 0.454. The van der Waals surface area contributed by atoms with E-state index in [0.29, 0.717) is 17.9 Å². The van der Waals surface area contributed by atoms with Gasteiger partial charge in [0.05, 0.1) is 0 Å². The molecule has 1 fully saturated rings. The number of nitrogens with one attached hydrogen (secondary N) is 1. The van der Waals surface area contributed by atoms with Crippen molar-refractivity contribution >= 4 is 23.7 Å². The summed E-state index contributed by atoms with van der Waals surface area (Å²) >= 11 is 1.69. The molecule has 1 aliphatic carbocycles. The van der Waals surface area contributed by atoms with Crippen molar-refractivity contribution in [2.45, 2.75) is 95.2 Å². The molecule has 2 aromatic heterocycles. The maximum Gasteiger partial charge on any atom is 0.243 e. The van der Waals surface area contributed by atoms with Crippen molar-refractivity contribution in [3.63, 3.8) is 0 Å². The van der Waals surface area contributed by atoms with Crippen LogP contribution in [0.15, 0.2) is 11.5 Å². The maximum absolute atomic E-state index is 5.86. The highest BCUT2D eigenvalue weighted by atomic mass is 32.2. The summed E-state index contributed by atoms with van der Waals surface area (Å²) in [5.41, 5.74) is 5.86. The molecule has 8 nitrogen and oxygen atoms in total. The Balaban J connectivity index is 1.37. The molecule has 0 aromatic carbocycles. The Morgan fingerprint density at radius 3 is 2.38 bits per heavy atom. The minimum atomic E-state index is 0.206. The van der Waals surface area contributed by atoms with Gasteiger partial charge in [-0.25, -0.2) is 4.57 Å². The predicted octanol–water partition coefficient (Wildman–Crippen LogP) is 4.62. The molecule has 0 atom stereocenters. The molecule has 3 N–H and O–H groups in total. The third kappa shape index (κ3) is 7.79. The normalized spacial score (nSPS) is 13.7. The Hall–Kier alpha value is -1.90. The molecular weight excluding hydrogens is 384 g/mol. The first kappa shape index (κ1) is 21.8. The van der Waals surface area contributed by atoms with Crippen LogP contribution in [0.3, 0.4) is 0 Å². The fourth-order valence-electron chi connectivity index (χ4n) is 3.18. The number of hydrogen-bond acceptors (Lipinski definition) is 8. The van der Waals surface area contributed by atoms with Crippen LogP contribution < -0.4 is 11.1 Å². The largest absolute Gasteiger partial charge is 0.368 e. The molecule has 0 amide bonds. The minimum Gasteiger partial charge on any atom is -0.368 e. The highest BCUT2D eigenvalue weighted by Crippen LogP contribution is 2.24. The van der Waals surface area contributed by atoms with Gasteiger partial charge in [0.2, 0.25) is 17.8 Å². The van der Waals surface area contributed by atoms with Gasteiger partial charge in [0.1, 0.15) is 6.33 Å². The quantitative estimate of drug-likeness (QED) is 0.318. The first-order chi connectivity index (χ1) is 14.3. The lowest BCUT2D eigenvalue weighted by Crippen LogP contribution is -2.12. The molecule has 1 saturated carbocycles. The van der Waals surface area contributed by atoms with E-state index in [9.17, 15) is 0 Å². The van der Waals surface area contributed by atoms with Gasteiger partial charge < -0.3 is 11.1 Å². The highest BCUT2D eigenvalue weighted by molar-refractivity contribution is 7.99. The number of thioether (sulfide) groups is 1. The number of hydrogen-bond donors (Lipinski definition) is 2. The van der Waals surface area contributed by atoms with Gasteiger partial charge >= 0.3 is 0 Å². The van der Waals surface area contributed by atoms with Crippen LogP contribution >= 0.6 is 11.8 Å². The average molecular weight is 419 g/mol. The third-order valence-electron chi connectivity index (χ3n) is 5.01. The van der Waals surface area contributed by atoms with E-state index < -0.39 is 0 Å². The molecule has 160 valence electrons. The minimum absolute atomic E-state index is 0.206.